The number of rotatable bonds is 8. The van der Waals surface area contributed by atoms with E-state index in [2.05, 4.69) is 5.32 Å². The van der Waals surface area contributed by atoms with Crippen LogP contribution in [0.15, 0.2) is 18.2 Å². The summed E-state index contributed by atoms with van der Waals surface area (Å²) < 4.78 is 10.1. The van der Waals surface area contributed by atoms with Gasteiger partial charge in [-0.15, -0.1) is 0 Å². The number of halogens is 2. The minimum absolute atomic E-state index is 0.192. The zero-order valence-corrected chi connectivity index (χ0v) is 13.2. The molecule has 1 rings (SSSR count). The third-order valence-electron chi connectivity index (χ3n) is 2.45. The van der Waals surface area contributed by atoms with E-state index in [-0.39, 0.29) is 30.7 Å². The number of amides is 1. The van der Waals surface area contributed by atoms with Crippen molar-refractivity contribution in [2.45, 2.75) is 19.8 Å². The topological polar surface area (TPSA) is 64.6 Å². The van der Waals surface area contributed by atoms with Gasteiger partial charge in [-0.25, -0.2) is 0 Å². The maximum Gasteiger partial charge on any atom is 0.305 e. The number of hydrogen-bond acceptors (Lipinski definition) is 4. The highest BCUT2D eigenvalue weighted by atomic mass is 35.5. The van der Waals surface area contributed by atoms with Crippen molar-refractivity contribution in [3.8, 4) is 5.75 Å². The van der Waals surface area contributed by atoms with E-state index in [0.717, 1.165) is 0 Å². The Bertz CT molecular complexity index is 474. The number of hydrogen-bond donors (Lipinski definition) is 1. The second-order valence-corrected chi connectivity index (χ2v) is 4.91. The van der Waals surface area contributed by atoms with Crippen LogP contribution in [0.5, 0.6) is 5.75 Å². The van der Waals surface area contributed by atoms with Crippen molar-refractivity contribution < 1.29 is 19.1 Å². The van der Waals surface area contributed by atoms with Gasteiger partial charge in [-0.1, -0.05) is 29.3 Å². The highest BCUT2D eigenvalue weighted by Crippen LogP contribution is 2.32. The van der Waals surface area contributed by atoms with Crippen LogP contribution >= 0.6 is 23.2 Å². The molecule has 1 N–H and O–H groups in total. The molecule has 5 nitrogen and oxygen atoms in total. The number of esters is 1. The number of nitrogens with one attached hydrogen (secondary N) is 1. The smallest absolute Gasteiger partial charge is 0.305 e. The van der Waals surface area contributed by atoms with Crippen LogP contribution in [-0.2, 0) is 14.3 Å². The highest BCUT2D eigenvalue weighted by molar-refractivity contribution is 6.37. The Morgan fingerprint density at radius 2 is 1.90 bits per heavy atom. The summed E-state index contributed by atoms with van der Waals surface area (Å²) in [4.78, 5) is 22.7. The first kappa shape index (κ1) is 17.6. The second kappa shape index (κ2) is 9.47. The van der Waals surface area contributed by atoms with Gasteiger partial charge >= 0.3 is 5.97 Å². The number of para-hydroxylation sites is 1. The molecule has 116 valence electrons. The highest BCUT2D eigenvalue weighted by Gasteiger charge is 2.09. The molecule has 0 saturated heterocycles. The molecule has 0 spiro atoms. The summed E-state index contributed by atoms with van der Waals surface area (Å²) in [6.07, 6.45) is 0.780. The second-order valence-electron chi connectivity index (χ2n) is 4.10. The monoisotopic (exact) mass is 333 g/mol. The molecular formula is C14H17Cl2NO4. The molecule has 0 unspecified atom stereocenters. The molecular weight excluding hydrogens is 317 g/mol. The van der Waals surface area contributed by atoms with E-state index in [0.29, 0.717) is 29.6 Å². The zero-order valence-electron chi connectivity index (χ0n) is 11.7. The van der Waals surface area contributed by atoms with Crippen molar-refractivity contribution in [1.29, 1.82) is 0 Å². The zero-order chi connectivity index (χ0) is 15.7. The molecule has 1 aromatic rings. The van der Waals surface area contributed by atoms with Crippen LogP contribution in [0, 0.1) is 0 Å². The largest absolute Gasteiger partial charge is 0.481 e. The van der Waals surface area contributed by atoms with Crippen LogP contribution in [-0.4, -0.2) is 31.6 Å². The molecule has 0 aliphatic heterocycles. The molecule has 1 amide bonds. The van der Waals surface area contributed by atoms with Crippen LogP contribution < -0.4 is 10.1 Å². The average Bonchev–Trinajstić information content (AvgIpc) is 2.43. The quantitative estimate of drug-likeness (QED) is 0.586. The standard InChI is InChI=1S/C14H17Cl2NO4/c1-2-20-13(19)7-4-8-17-12(18)9-21-14-10(15)5-3-6-11(14)16/h3,5-6H,2,4,7-9H2,1H3,(H,17,18). The Labute approximate surface area is 133 Å². The number of benzene rings is 1. The number of carbonyl (C=O) groups excluding carboxylic acids is 2. The van der Waals surface area contributed by atoms with Gasteiger partial charge in [0.2, 0.25) is 0 Å². The van der Waals surface area contributed by atoms with Gasteiger partial charge in [0.1, 0.15) is 0 Å². The first-order chi connectivity index (χ1) is 10.0. The molecule has 7 heteroatoms. The first-order valence-corrected chi connectivity index (χ1v) is 7.29. The number of ether oxygens (including phenoxy) is 2. The molecule has 0 atom stereocenters. The summed E-state index contributed by atoms with van der Waals surface area (Å²) in [5.74, 6) is -0.303. The van der Waals surface area contributed by atoms with Crippen LogP contribution in [0.3, 0.4) is 0 Å². The summed E-state index contributed by atoms with van der Waals surface area (Å²) in [6.45, 7) is 2.29. The SMILES string of the molecule is CCOC(=O)CCCNC(=O)COc1c(Cl)cccc1Cl. The van der Waals surface area contributed by atoms with Crippen LogP contribution in [0.2, 0.25) is 10.0 Å². The van der Waals surface area contributed by atoms with E-state index in [9.17, 15) is 9.59 Å². The van der Waals surface area contributed by atoms with E-state index < -0.39 is 0 Å². The van der Waals surface area contributed by atoms with Gasteiger partial charge in [0, 0.05) is 13.0 Å². The molecule has 0 aliphatic rings. The molecule has 0 saturated carbocycles. The minimum Gasteiger partial charge on any atom is -0.481 e. The van der Waals surface area contributed by atoms with Crippen LogP contribution in [0.4, 0.5) is 0 Å². The van der Waals surface area contributed by atoms with E-state index >= 15 is 0 Å². The summed E-state index contributed by atoms with van der Waals surface area (Å²) >= 11 is 11.8. The maximum absolute atomic E-state index is 11.6. The fourth-order valence-electron chi connectivity index (χ4n) is 1.50. The Balaban J connectivity index is 2.24. The van der Waals surface area contributed by atoms with Gasteiger partial charge in [0.05, 0.1) is 16.7 Å². The third-order valence-corrected chi connectivity index (χ3v) is 3.05. The molecule has 0 heterocycles. The average molecular weight is 334 g/mol. The van der Waals surface area contributed by atoms with Crippen molar-refractivity contribution in [1.82, 2.24) is 5.32 Å². The summed E-state index contributed by atoms with van der Waals surface area (Å²) in [5, 5.41) is 3.32. The molecule has 0 aromatic heterocycles. The third kappa shape index (κ3) is 6.69. The van der Waals surface area contributed by atoms with Crippen molar-refractivity contribution in [2.75, 3.05) is 19.8 Å². The molecule has 21 heavy (non-hydrogen) atoms. The van der Waals surface area contributed by atoms with Gasteiger partial charge in [0.25, 0.3) is 5.91 Å². The lowest BCUT2D eigenvalue weighted by atomic mass is 10.3. The van der Waals surface area contributed by atoms with Crippen molar-refractivity contribution >= 4 is 35.1 Å². The van der Waals surface area contributed by atoms with Crippen molar-refractivity contribution in [3.05, 3.63) is 28.2 Å². The molecule has 1 aromatic carbocycles. The van der Waals surface area contributed by atoms with Crippen LogP contribution in [0.25, 0.3) is 0 Å². The van der Waals surface area contributed by atoms with E-state index in [1.807, 2.05) is 0 Å². The lowest BCUT2D eigenvalue weighted by Gasteiger charge is -2.10. The van der Waals surface area contributed by atoms with Crippen molar-refractivity contribution in [2.24, 2.45) is 0 Å². The van der Waals surface area contributed by atoms with Gasteiger partial charge < -0.3 is 14.8 Å². The van der Waals surface area contributed by atoms with E-state index in [1.165, 1.54) is 0 Å². The lowest BCUT2D eigenvalue weighted by molar-refractivity contribution is -0.143. The lowest BCUT2D eigenvalue weighted by Crippen LogP contribution is -2.30. The van der Waals surface area contributed by atoms with Crippen molar-refractivity contribution in [3.63, 3.8) is 0 Å². The Kier molecular flexibility index (Phi) is 7.93. The molecule has 0 bridgehead atoms. The van der Waals surface area contributed by atoms with Gasteiger partial charge in [-0.05, 0) is 25.5 Å². The minimum atomic E-state index is -0.310. The predicted molar refractivity (Wildman–Crippen MR) is 80.8 cm³/mol. The molecule has 0 fully saturated rings. The summed E-state index contributed by atoms with van der Waals surface area (Å²) in [7, 11) is 0. The Hall–Kier alpha value is -1.46. The van der Waals surface area contributed by atoms with Gasteiger partial charge in [0.15, 0.2) is 12.4 Å². The normalized spacial score (nSPS) is 10.0. The maximum atomic E-state index is 11.6. The summed E-state index contributed by atoms with van der Waals surface area (Å²) in [6, 6.07) is 4.94. The molecule has 0 radical (unpaired) electrons. The van der Waals surface area contributed by atoms with E-state index in [4.69, 9.17) is 32.7 Å². The number of carbonyl (C=O) groups is 2. The Morgan fingerprint density at radius 1 is 1.24 bits per heavy atom. The first-order valence-electron chi connectivity index (χ1n) is 6.53. The predicted octanol–water partition coefficient (Wildman–Crippen LogP) is 2.83. The van der Waals surface area contributed by atoms with E-state index in [1.54, 1.807) is 25.1 Å². The fourth-order valence-corrected chi connectivity index (χ4v) is 2.01. The fraction of sp³-hybridized carbons (Fsp3) is 0.429. The summed E-state index contributed by atoms with van der Waals surface area (Å²) in [5.41, 5.74) is 0. The molecule has 0 aliphatic carbocycles. The van der Waals surface area contributed by atoms with Crippen LogP contribution in [0.1, 0.15) is 19.8 Å². The Morgan fingerprint density at radius 3 is 2.52 bits per heavy atom. The van der Waals surface area contributed by atoms with Gasteiger partial charge in [-0.2, -0.15) is 0 Å². The van der Waals surface area contributed by atoms with Gasteiger partial charge in [-0.3, -0.25) is 9.59 Å².